The molecule has 20 heavy (non-hydrogen) atoms. The molecule has 0 aromatic heterocycles. The van der Waals surface area contributed by atoms with Crippen LogP contribution in [0.1, 0.15) is 25.0 Å². The number of rotatable bonds is 5. The van der Waals surface area contributed by atoms with Crippen molar-refractivity contribution in [3.8, 4) is 5.75 Å². The van der Waals surface area contributed by atoms with Crippen molar-refractivity contribution >= 4 is 12.4 Å². The Bertz CT molecular complexity index is 376. The number of benzene rings is 1. The first-order valence-corrected chi connectivity index (χ1v) is 6.58. The fourth-order valence-electron chi connectivity index (χ4n) is 1.31. The van der Waals surface area contributed by atoms with Crippen molar-refractivity contribution in [1.82, 2.24) is 5.32 Å². The van der Waals surface area contributed by atoms with Gasteiger partial charge in [0, 0.05) is 27.7 Å². The second-order valence-corrected chi connectivity index (χ2v) is 3.47. The number of carbonyl (C=O) groups excluding carboxylic acids is 1. The summed E-state index contributed by atoms with van der Waals surface area (Å²) in [6, 6.07) is 5.69. The van der Waals surface area contributed by atoms with Gasteiger partial charge in [0.25, 0.3) is 0 Å². The molecule has 0 unspecified atom stereocenters. The van der Waals surface area contributed by atoms with E-state index in [0.29, 0.717) is 6.42 Å². The highest BCUT2D eigenvalue weighted by Gasteiger charge is 2.01. The van der Waals surface area contributed by atoms with Crippen molar-refractivity contribution < 1.29 is 14.3 Å². The van der Waals surface area contributed by atoms with Gasteiger partial charge in [0.05, 0.1) is 7.11 Å². The minimum Gasteiger partial charge on any atom is -0.497 e. The fourth-order valence-corrected chi connectivity index (χ4v) is 1.31. The van der Waals surface area contributed by atoms with Crippen LogP contribution in [0, 0.1) is 0 Å². The first-order valence-electron chi connectivity index (χ1n) is 6.58. The van der Waals surface area contributed by atoms with Crippen molar-refractivity contribution in [3.63, 3.8) is 0 Å². The van der Waals surface area contributed by atoms with E-state index in [-0.39, 0.29) is 0 Å². The lowest BCUT2D eigenvalue weighted by molar-refractivity contribution is -0.107. The molecule has 0 heterocycles. The van der Waals surface area contributed by atoms with Gasteiger partial charge in [-0.1, -0.05) is 19.9 Å². The Kier molecular flexibility index (Phi) is 15.6. The number of carbonyl (C=O) groups is 1. The Morgan fingerprint density at radius 2 is 1.80 bits per heavy atom. The summed E-state index contributed by atoms with van der Waals surface area (Å²) in [4.78, 5) is 10.5. The second-order valence-electron chi connectivity index (χ2n) is 3.47. The van der Waals surface area contributed by atoms with Gasteiger partial charge in [-0.3, -0.25) is 0 Å². The van der Waals surface area contributed by atoms with Crippen LogP contribution in [0.15, 0.2) is 24.4 Å². The molecule has 0 spiro atoms. The maximum Gasteiger partial charge on any atom is 0.124 e. The standard InChI is InChI=1S/C12H15NO2.C2H6O.C2H6/c1-13-7-5-10-3-4-12(15-2)9-11(10)6-8-14;1-3-2;1-2/h3-5,7-9,13H,6H2,1-2H3;1-2H3;1-2H3/b7-5-;;. The molecule has 0 saturated heterocycles. The lowest BCUT2D eigenvalue weighted by atomic mass is 10.0. The van der Waals surface area contributed by atoms with Crippen molar-refractivity contribution in [3.05, 3.63) is 35.5 Å². The largest absolute Gasteiger partial charge is 0.497 e. The summed E-state index contributed by atoms with van der Waals surface area (Å²) in [6.45, 7) is 4.00. The highest BCUT2D eigenvalue weighted by atomic mass is 16.5. The van der Waals surface area contributed by atoms with E-state index >= 15 is 0 Å². The topological polar surface area (TPSA) is 47.6 Å². The van der Waals surface area contributed by atoms with Crippen LogP contribution in [0.25, 0.3) is 6.08 Å². The van der Waals surface area contributed by atoms with Crippen molar-refractivity contribution in [1.29, 1.82) is 0 Å². The molecule has 1 aromatic rings. The number of methoxy groups -OCH3 is 2. The van der Waals surface area contributed by atoms with Gasteiger partial charge in [0.15, 0.2) is 0 Å². The minimum absolute atomic E-state index is 0.403. The molecule has 1 rings (SSSR count). The van der Waals surface area contributed by atoms with Gasteiger partial charge < -0.3 is 19.6 Å². The van der Waals surface area contributed by atoms with Gasteiger partial charge in [-0.2, -0.15) is 0 Å². The first-order chi connectivity index (χ1) is 9.73. The van der Waals surface area contributed by atoms with E-state index in [0.717, 1.165) is 23.2 Å². The van der Waals surface area contributed by atoms with Crippen LogP contribution in [0.3, 0.4) is 0 Å². The lowest BCUT2D eigenvalue weighted by Gasteiger charge is -2.06. The molecule has 0 atom stereocenters. The summed E-state index contributed by atoms with van der Waals surface area (Å²) >= 11 is 0. The van der Waals surface area contributed by atoms with E-state index < -0.39 is 0 Å². The highest BCUT2D eigenvalue weighted by molar-refractivity contribution is 5.63. The maximum atomic E-state index is 10.5. The SMILES string of the molecule is CC.CN/C=C\c1ccc(OC)cc1CC=O.COC. The summed E-state index contributed by atoms with van der Waals surface area (Å²) in [7, 11) is 6.70. The molecular weight excluding hydrogens is 254 g/mol. The molecule has 4 heteroatoms. The number of aldehydes is 1. The summed E-state index contributed by atoms with van der Waals surface area (Å²) in [5.41, 5.74) is 1.99. The molecule has 0 fully saturated rings. The molecule has 1 N–H and O–H groups in total. The predicted octanol–water partition coefficient (Wildman–Crippen LogP) is 2.92. The molecule has 0 amide bonds. The molecule has 1 aromatic carbocycles. The Morgan fingerprint density at radius 3 is 2.25 bits per heavy atom. The third-order valence-corrected chi connectivity index (χ3v) is 2.08. The van der Waals surface area contributed by atoms with Crippen LogP contribution in [-0.4, -0.2) is 34.7 Å². The van der Waals surface area contributed by atoms with Crippen LogP contribution < -0.4 is 10.1 Å². The van der Waals surface area contributed by atoms with E-state index in [2.05, 4.69) is 10.1 Å². The Morgan fingerprint density at radius 1 is 1.20 bits per heavy atom. The van der Waals surface area contributed by atoms with Gasteiger partial charge in [0.1, 0.15) is 12.0 Å². The molecule has 0 aliphatic carbocycles. The molecular formula is C16H27NO3. The molecule has 0 saturated carbocycles. The average Bonchev–Trinajstić information content (AvgIpc) is 2.49. The van der Waals surface area contributed by atoms with Crippen molar-refractivity contribution in [2.75, 3.05) is 28.4 Å². The molecule has 114 valence electrons. The Balaban J connectivity index is 0. The lowest BCUT2D eigenvalue weighted by Crippen LogP contribution is -1.95. The number of ether oxygens (including phenoxy) is 2. The third kappa shape index (κ3) is 9.16. The molecule has 0 radical (unpaired) electrons. The maximum absolute atomic E-state index is 10.5. The van der Waals surface area contributed by atoms with Crippen LogP contribution in [0.4, 0.5) is 0 Å². The van der Waals surface area contributed by atoms with Crippen molar-refractivity contribution in [2.45, 2.75) is 20.3 Å². The van der Waals surface area contributed by atoms with Gasteiger partial charge in [0.2, 0.25) is 0 Å². The summed E-state index contributed by atoms with van der Waals surface area (Å²) in [6.07, 6.45) is 5.06. The van der Waals surface area contributed by atoms with Crippen molar-refractivity contribution in [2.24, 2.45) is 0 Å². The van der Waals surface area contributed by atoms with Crippen LogP contribution in [-0.2, 0) is 16.0 Å². The van der Waals surface area contributed by atoms with Gasteiger partial charge >= 0.3 is 0 Å². The van der Waals surface area contributed by atoms with E-state index in [4.69, 9.17) is 4.74 Å². The minimum atomic E-state index is 0.403. The van der Waals surface area contributed by atoms with Gasteiger partial charge in [-0.15, -0.1) is 0 Å². The molecule has 0 aliphatic rings. The van der Waals surface area contributed by atoms with Gasteiger partial charge in [-0.25, -0.2) is 0 Å². The van der Waals surface area contributed by atoms with E-state index in [9.17, 15) is 4.79 Å². The monoisotopic (exact) mass is 281 g/mol. The second kappa shape index (κ2) is 15.2. The van der Waals surface area contributed by atoms with Gasteiger partial charge in [-0.05, 0) is 35.5 Å². The van der Waals surface area contributed by atoms with Crippen LogP contribution in [0.2, 0.25) is 0 Å². The first kappa shape index (κ1) is 20.5. The molecule has 0 bridgehead atoms. The zero-order valence-electron chi connectivity index (χ0n) is 13.4. The zero-order valence-corrected chi connectivity index (χ0v) is 13.4. The third-order valence-electron chi connectivity index (χ3n) is 2.08. The normalized spacial score (nSPS) is 8.90. The fraction of sp³-hybridized carbons (Fsp3) is 0.438. The number of hydrogen-bond acceptors (Lipinski definition) is 4. The van der Waals surface area contributed by atoms with E-state index in [1.165, 1.54) is 0 Å². The highest BCUT2D eigenvalue weighted by Crippen LogP contribution is 2.18. The number of nitrogens with one attached hydrogen (secondary N) is 1. The molecule has 4 nitrogen and oxygen atoms in total. The summed E-state index contributed by atoms with van der Waals surface area (Å²) in [5, 5.41) is 2.91. The van der Waals surface area contributed by atoms with E-state index in [1.807, 2.05) is 51.4 Å². The Labute approximate surface area is 122 Å². The van der Waals surface area contributed by atoms with E-state index in [1.54, 1.807) is 21.3 Å². The van der Waals surface area contributed by atoms with Crippen LogP contribution in [0.5, 0.6) is 5.75 Å². The van der Waals surface area contributed by atoms with Crippen LogP contribution >= 0.6 is 0 Å². The summed E-state index contributed by atoms with van der Waals surface area (Å²) in [5.74, 6) is 0.772. The molecule has 0 aliphatic heterocycles. The summed E-state index contributed by atoms with van der Waals surface area (Å²) < 4.78 is 9.35. The smallest absolute Gasteiger partial charge is 0.124 e. The number of hydrogen-bond donors (Lipinski definition) is 1. The zero-order chi connectivity index (χ0) is 15.8. The predicted molar refractivity (Wildman–Crippen MR) is 85.1 cm³/mol. The quantitative estimate of drug-likeness (QED) is 0.843. The average molecular weight is 281 g/mol. The Hall–Kier alpha value is -1.81.